The van der Waals surface area contributed by atoms with Crippen LogP contribution in [0.3, 0.4) is 0 Å². The fourth-order valence-electron chi connectivity index (χ4n) is 3.44. The minimum absolute atomic E-state index is 0.142. The zero-order chi connectivity index (χ0) is 22.0. The Morgan fingerprint density at radius 1 is 1.13 bits per heavy atom. The minimum atomic E-state index is -0.770. The number of imide groups is 1. The van der Waals surface area contributed by atoms with Crippen LogP contribution in [0.15, 0.2) is 35.3 Å². The van der Waals surface area contributed by atoms with Gasteiger partial charge in [-0.1, -0.05) is 25.1 Å². The van der Waals surface area contributed by atoms with Crippen molar-refractivity contribution < 1.29 is 9.59 Å². The Hall–Kier alpha value is -2.77. The maximum absolute atomic E-state index is 12.4. The summed E-state index contributed by atoms with van der Waals surface area (Å²) in [5, 5.41) is 9.35. The summed E-state index contributed by atoms with van der Waals surface area (Å²) >= 11 is 0. The van der Waals surface area contributed by atoms with Crippen LogP contribution in [0.25, 0.3) is 0 Å². The lowest BCUT2D eigenvalue weighted by atomic mass is 9.99. The first-order chi connectivity index (χ1) is 14.4. The summed E-state index contributed by atoms with van der Waals surface area (Å²) in [6, 6.07) is 10.1. The molecule has 2 rings (SSSR count). The van der Waals surface area contributed by atoms with Gasteiger partial charge >= 0.3 is 6.03 Å². The highest BCUT2D eigenvalue weighted by molar-refractivity contribution is 6.06. The average Bonchev–Trinajstić information content (AvgIpc) is 2.98. The van der Waals surface area contributed by atoms with Gasteiger partial charge in [0.05, 0.1) is 0 Å². The highest BCUT2D eigenvalue weighted by atomic mass is 16.2. The van der Waals surface area contributed by atoms with Crippen LogP contribution in [0.1, 0.15) is 40.0 Å². The lowest BCUT2D eigenvalue weighted by Crippen LogP contribution is -2.43. The summed E-state index contributed by atoms with van der Waals surface area (Å²) in [4.78, 5) is 32.3. The van der Waals surface area contributed by atoms with E-state index in [-0.39, 0.29) is 11.9 Å². The number of benzene rings is 1. The largest absolute Gasteiger partial charge is 0.372 e. The Labute approximate surface area is 180 Å². The summed E-state index contributed by atoms with van der Waals surface area (Å²) < 4.78 is 0. The van der Waals surface area contributed by atoms with Crippen molar-refractivity contribution >= 4 is 23.6 Å². The topological polar surface area (TPSA) is 89.1 Å². The third-order valence-electron chi connectivity index (χ3n) is 5.53. The van der Waals surface area contributed by atoms with Crippen molar-refractivity contribution in [1.29, 1.82) is 0 Å². The van der Waals surface area contributed by atoms with Gasteiger partial charge in [-0.3, -0.25) is 14.7 Å². The van der Waals surface area contributed by atoms with Gasteiger partial charge in [0.2, 0.25) is 0 Å². The molecule has 1 aliphatic rings. The van der Waals surface area contributed by atoms with E-state index >= 15 is 0 Å². The second-order valence-corrected chi connectivity index (χ2v) is 7.62. The van der Waals surface area contributed by atoms with E-state index in [2.05, 4.69) is 57.0 Å². The molecule has 1 saturated heterocycles. The smallest absolute Gasteiger partial charge is 0.325 e. The quantitative estimate of drug-likeness (QED) is 0.223. The van der Waals surface area contributed by atoms with Crippen molar-refractivity contribution in [3.8, 4) is 0 Å². The van der Waals surface area contributed by atoms with E-state index in [4.69, 9.17) is 0 Å². The number of anilines is 1. The standard InChI is InChI=1S/C22H36N6O2/c1-5-22(3)19(29)28(21(30)26-22)17-11-15-25-20(23-4)24-14-10-16-27(6-2)18-12-8-7-9-13-18/h7-9,12-13H,5-6,10-11,14-17H2,1-4H3,(H,26,30)(H2,23,24,25). The van der Waals surface area contributed by atoms with Crippen LogP contribution in [0.2, 0.25) is 0 Å². The molecule has 1 heterocycles. The number of para-hydroxylation sites is 1. The molecule has 0 aromatic heterocycles. The maximum atomic E-state index is 12.4. The Bertz CT molecular complexity index is 724. The highest BCUT2D eigenvalue weighted by Crippen LogP contribution is 2.20. The minimum Gasteiger partial charge on any atom is -0.372 e. The van der Waals surface area contributed by atoms with E-state index in [0.29, 0.717) is 25.9 Å². The first kappa shape index (κ1) is 23.5. The highest BCUT2D eigenvalue weighted by Gasteiger charge is 2.45. The van der Waals surface area contributed by atoms with E-state index in [1.165, 1.54) is 10.6 Å². The van der Waals surface area contributed by atoms with Gasteiger partial charge in [-0.05, 0) is 45.2 Å². The Kier molecular flexibility index (Phi) is 8.95. The monoisotopic (exact) mass is 416 g/mol. The predicted molar refractivity (Wildman–Crippen MR) is 122 cm³/mol. The summed E-state index contributed by atoms with van der Waals surface area (Å²) in [5.41, 5.74) is 0.469. The molecule has 30 heavy (non-hydrogen) atoms. The molecule has 3 amide bonds. The molecule has 166 valence electrons. The molecule has 0 bridgehead atoms. The molecule has 1 aromatic rings. The van der Waals surface area contributed by atoms with Crippen LogP contribution in [-0.4, -0.2) is 68.1 Å². The number of hydrogen-bond acceptors (Lipinski definition) is 4. The molecule has 1 fully saturated rings. The zero-order valence-corrected chi connectivity index (χ0v) is 18.7. The van der Waals surface area contributed by atoms with Gasteiger partial charge in [-0.15, -0.1) is 0 Å². The normalized spacial score (nSPS) is 19.1. The van der Waals surface area contributed by atoms with Crippen molar-refractivity contribution in [3.05, 3.63) is 30.3 Å². The molecular weight excluding hydrogens is 380 g/mol. The van der Waals surface area contributed by atoms with E-state index in [9.17, 15) is 9.59 Å². The molecule has 0 spiro atoms. The number of guanidine groups is 1. The molecule has 8 heteroatoms. The van der Waals surface area contributed by atoms with Gasteiger partial charge in [-0.25, -0.2) is 4.79 Å². The van der Waals surface area contributed by atoms with Crippen molar-refractivity contribution in [2.75, 3.05) is 44.7 Å². The summed E-state index contributed by atoms with van der Waals surface area (Å²) in [7, 11) is 1.74. The second kappa shape index (κ2) is 11.4. The molecule has 0 radical (unpaired) electrons. The molecule has 0 saturated carbocycles. The van der Waals surface area contributed by atoms with Crippen molar-refractivity contribution in [3.63, 3.8) is 0 Å². The molecule has 1 aliphatic heterocycles. The van der Waals surface area contributed by atoms with Crippen molar-refractivity contribution in [1.82, 2.24) is 20.9 Å². The second-order valence-electron chi connectivity index (χ2n) is 7.62. The molecule has 0 aliphatic carbocycles. The van der Waals surface area contributed by atoms with Crippen molar-refractivity contribution in [2.24, 2.45) is 4.99 Å². The molecule has 1 aromatic carbocycles. The Balaban J connectivity index is 1.66. The van der Waals surface area contributed by atoms with Crippen LogP contribution in [0, 0.1) is 0 Å². The van der Waals surface area contributed by atoms with Gasteiger partial charge in [0.25, 0.3) is 5.91 Å². The van der Waals surface area contributed by atoms with Crippen LogP contribution < -0.4 is 20.9 Å². The third-order valence-corrected chi connectivity index (χ3v) is 5.53. The predicted octanol–water partition coefficient (Wildman–Crippen LogP) is 2.18. The van der Waals surface area contributed by atoms with E-state index in [0.717, 1.165) is 32.0 Å². The Morgan fingerprint density at radius 3 is 2.37 bits per heavy atom. The number of carbonyl (C=O) groups is 2. The van der Waals surface area contributed by atoms with Gasteiger partial charge < -0.3 is 20.9 Å². The van der Waals surface area contributed by atoms with Gasteiger partial charge in [0, 0.05) is 45.5 Å². The number of rotatable bonds is 11. The third kappa shape index (κ3) is 6.11. The fourth-order valence-corrected chi connectivity index (χ4v) is 3.44. The number of nitrogens with zero attached hydrogens (tertiary/aromatic N) is 3. The Morgan fingerprint density at radius 2 is 1.80 bits per heavy atom. The first-order valence-electron chi connectivity index (χ1n) is 10.8. The lowest BCUT2D eigenvalue weighted by Gasteiger charge is -2.23. The molecule has 1 unspecified atom stereocenters. The zero-order valence-electron chi connectivity index (χ0n) is 18.7. The van der Waals surface area contributed by atoms with E-state index in [1.807, 2.05) is 13.0 Å². The molecule has 8 nitrogen and oxygen atoms in total. The van der Waals surface area contributed by atoms with Gasteiger partial charge in [-0.2, -0.15) is 0 Å². The van der Waals surface area contributed by atoms with Crippen molar-refractivity contribution in [2.45, 2.75) is 45.6 Å². The maximum Gasteiger partial charge on any atom is 0.325 e. The number of hydrogen-bond donors (Lipinski definition) is 3. The molecule has 1 atom stereocenters. The SMILES string of the molecule is CCN(CCCNC(=NC)NCCCN1C(=O)NC(C)(CC)C1=O)c1ccccc1. The molecule has 3 N–H and O–H groups in total. The lowest BCUT2D eigenvalue weighted by molar-refractivity contribution is -0.130. The number of urea groups is 1. The van der Waals surface area contributed by atoms with Crippen LogP contribution in [0.5, 0.6) is 0 Å². The summed E-state index contributed by atoms with van der Waals surface area (Å²) in [6.07, 6.45) is 2.24. The van der Waals surface area contributed by atoms with Crippen LogP contribution in [0.4, 0.5) is 10.5 Å². The van der Waals surface area contributed by atoms with E-state index in [1.54, 1.807) is 14.0 Å². The number of aliphatic imine (C=N–C) groups is 1. The van der Waals surface area contributed by atoms with Crippen LogP contribution in [-0.2, 0) is 4.79 Å². The summed E-state index contributed by atoms with van der Waals surface area (Å²) in [5.74, 6) is 0.588. The molecular formula is C22H36N6O2. The first-order valence-corrected chi connectivity index (χ1v) is 10.8. The van der Waals surface area contributed by atoms with E-state index < -0.39 is 5.54 Å². The van der Waals surface area contributed by atoms with Crippen LogP contribution >= 0.6 is 0 Å². The number of carbonyl (C=O) groups excluding carboxylic acids is 2. The number of nitrogens with one attached hydrogen (secondary N) is 3. The average molecular weight is 417 g/mol. The van der Waals surface area contributed by atoms with Gasteiger partial charge in [0.1, 0.15) is 5.54 Å². The van der Waals surface area contributed by atoms with Gasteiger partial charge in [0.15, 0.2) is 5.96 Å². The summed E-state index contributed by atoms with van der Waals surface area (Å²) in [6.45, 7) is 9.61. The fraction of sp³-hybridized carbons (Fsp3) is 0.591. The number of amides is 3.